The van der Waals surface area contributed by atoms with Gasteiger partial charge in [0.25, 0.3) is 0 Å². The highest BCUT2D eigenvalue weighted by Crippen LogP contribution is 2.31. The zero-order valence-corrected chi connectivity index (χ0v) is 10.6. The minimum absolute atomic E-state index is 0.125. The lowest BCUT2D eigenvalue weighted by atomic mass is 10.0. The van der Waals surface area contributed by atoms with E-state index in [0.717, 1.165) is 18.4 Å². The highest BCUT2D eigenvalue weighted by molar-refractivity contribution is 5.50. The van der Waals surface area contributed by atoms with Crippen LogP contribution in [0.15, 0.2) is 18.2 Å². The van der Waals surface area contributed by atoms with E-state index in [4.69, 9.17) is 5.73 Å². The van der Waals surface area contributed by atoms with E-state index in [2.05, 4.69) is 6.92 Å². The molecule has 2 rings (SSSR count). The van der Waals surface area contributed by atoms with Crippen molar-refractivity contribution in [3.05, 3.63) is 29.6 Å². The van der Waals surface area contributed by atoms with Crippen molar-refractivity contribution < 1.29 is 4.39 Å². The second-order valence-corrected chi connectivity index (χ2v) is 5.00. The maximum absolute atomic E-state index is 14.0. The van der Waals surface area contributed by atoms with Crippen molar-refractivity contribution in [1.82, 2.24) is 0 Å². The van der Waals surface area contributed by atoms with Gasteiger partial charge in [-0.05, 0) is 43.4 Å². The van der Waals surface area contributed by atoms with Crippen LogP contribution in [0.5, 0.6) is 0 Å². The Morgan fingerprint density at radius 1 is 1.47 bits per heavy atom. The molecule has 0 aliphatic heterocycles. The van der Waals surface area contributed by atoms with Crippen LogP contribution in [0.4, 0.5) is 10.1 Å². The summed E-state index contributed by atoms with van der Waals surface area (Å²) in [7, 11) is 1.97. The number of halogens is 1. The van der Waals surface area contributed by atoms with Crippen LogP contribution < -0.4 is 10.6 Å². The quantitative estimate of drug-likeness (QED) is 0.851. The van der Waals surface area contributed by atoms with E-state index in [1.54, 1.807) is 6.07 Å². The van der Waals surface area contributed by atoms with E-state index < -0.39 is 0 Å². The number of nitrogens with two attached hydrogens (primary N) is 1. The van der Waals surface area contributed by atoms with Crippen molar-refractivity contribution in [3.8, 4) is 0 Å². The van der Waals surface area contributed by atoms with Crippen LogP contribution >= 0.6 is 0 Å². The molecule has 2 nitrogen and oxygen atoms in total. The fraction of sp³-hybridized carbons (Fsp3) is 0.571. The van der Waals surface area contributed by atoms with Crippen molar-refractivity contribution in [3.63, 3.8) is 0 Å². The first-order valence-electron chi connectivity index (χ1n) is 6.38. The number of hydrogen-bond acceptors (Lipinski definition) is 2. The van der Waals surface area contributed by atoms with E-state index in [9.17, 15) is 4.39 Å². The maximum atomic E-state index is 14.0. The number of rotatable bonds is 5. The van der Waals surface area contributed by atoms with Crippen LogP contribution in [0.25, 0.3) is 0 Å². The van der Waals surface area contributed by atoms with Crippen LogP contribution in [-0.2, 0) is 6.42 Å². The molecular formula is C14H21FN2. The average Bonchev–Trinajstić information content (AvgIpc) is 3.12. The third kappa shape index (κ3) is 2.97. The Kier molecular flexibility index (Phi) is 3.67. The van der Waals surface area contributed by atoms with Gasteiger partial charge in [0.1, 0.15) is 5.82 Å². The summed E-state index contributed by atoms with van der Waals surface area (Å²) in [5.41, 5.74) is 7.58. The molecule has 0 saturated heterocycles. The molecule has 3 heteroatoms. The molecular weight excluding hydrogens is 215 g/mol. The molecule has 1 fully saturated rings. The number of anilines is 1. The first-order valence-corrected chi connectivity index (χ1v) is 6.38. The normalized spacial score (nSPS) is 16.9. The van der Waals surface area contributed by atoms with E-state index in [1.807, 2.05) is 24.1 Å². The van der Waals surface area contributed by atoms with Crippen molar-refractivity contribution in [2.75, 3.05) is 11.9 Å². The Morgan fingerprint density at radius 3 is 2.71 bits per heavy atom. The molecule has 1 atom stereocenters. The zero-order chi connectivity index (χ0) is 12.4. The van der Waals surface area contributed by atoms with Gasteiger partial charge in [0.05, 0.1) is 5.69 Å². The average molecular weight is 236 g/mol. The lowest BCUT2D eigenvalue weighted by Crippen LogP contribution is -2.22. The predicted octanol–water partition coefficient (Wildman–Crippen LogP) is 2.70. The summed E-state index contributed by atoms with van der Waals surface area (Å²) >= 11 is 0. The maximum Gasteiger partial charge on any atom is 0.146 e. The topological polar surface area (TPSA) is 29.3 Å². The van der Waals surface area contributed by atoms with E-state index in [1.165, 1.54) is 12.8 Å². The third-order valence-corrected chi connectivity index (χ3v) is 3.51. The first-order chi connectivity index (χ1) is 8.11. The molecule has 0 aromatic heterocycles. The Hall–Kier alpha value is -1.09. The Morgan fingerprint density at radius 2 is 2.18 bits per heavy atom. The van der Waals surface area contributed by atoms with E-state index in [0.29, 0.717) is 11.7 Å². The minimum Gasteiger partial charge on any atom is -0.369 e. The van der Waals surface area contributed by atoms with Gasteiger partial charge in [-0.3, -0.25) is 0 Å². The fourth-order valence-electron chi connectivity index (χ4n) is 2.07. The number of hydrogen-bond donors (Lipinski definition) is 1. The largest absolute Gasteiger partial charge is 0.369 e. The van der Waals surface area contributed by atoms with Crippen LogP contribution in [0.2, 0.25) is 0 Å². The van der Waals surface area contributed by atoms with Crippen molar-refractivity contribution >= 4 is 5.69 Å². The molecule has 0 amide bonds. The summed E-state index contributed by atoms with van der Waals surface area (Å²) in [5, 5.41) is 0. The molecule has 1 saturated carbocycles. The summed E-state index contributed by atoms with van der Waals surface area (Å²) in [6, 6.07) is 6.16. The predicted molar refractivity (Wildman–Crippen MR) is 69.8 cm³/mol. The van der Waals surface area contributed by atoms with Gasteiger partial charge in [0.15, 0.2) is 0 Å². The molecule has 0 heterocycles. The Labute approximate surface area is 103 Å². The van der Waals surface area contributed by atoms with Crippen LogP contribution in [0.1, 0.15) is 31.7 Å². The SMILES string of the molecule is CCC(N)Cc1ccc(N(C)C2CC2)c(F)c1. The standard InChI is InChI=1S/C14H21FN2/c1-3-11(16)8-10-4-7-14(13(15)9-10)17(2)12-5-6-12/h4,7,9,11-12H,3,5-6,8,16H2,1-2H3. The highest BCUT2D eigenvalue weighted by atomic mass is 19.1. The second kappa shape index (κ2) is 5.05. The Bertz CT molecular complexity index is 388. The molecule has 1 aromatic carbocycles. The summed E-state index contributed by atoms with van der Waals surface area (Å²) in [5.74, 6) is -0.125. The van der Waals surface area contributed by atoms with E-state index >= 15 is 0 Å². The van der Waals surface area contributed by atoms with Crippen LogP contribution in [0.3, 0.4) is 0 Å². The van der Waals surface area contributed by atoms with Crippen LogP contribution in [0, 0.1) is 5.82 Å². The molecule has 1 aromatic rings. The van der Waals surface area contributed by atoms with Gasteiger partial charge in [-0.1, -0.05) is 13.0 Å². The monoisotopic (exact) mass is 236 g/mol. The molecule has 1 unspecified atom stereocenters. The number of benzene rings is 1. The van der Waals surface area contributed by atoms with Crippen molar-refractivity contribution in [2.24, 2.45) is 5.73 Å². The molecule has 0 bridgehead atoms. The molecule has 0 spiro atoms. The molecule has 17 heavy (non-hydrogen) atoms. The van der Waals surface area contributed by atoms with Gasteiger partial charge in [0, 0.05) is 19.1 Å². The smallest absolute Gasteiger partial charge is 0.146 e. The first kappa shape index (κ1) is 12.4. The van der Waals surface area contributed by atoms with Gasteiger partial charge in [-0.25, -0.2) is 4.39 Å². The molecule has 2 N–H and O–H groups in total. The fourth-order valence-corrected chi connectivity index (χ4v) is 2.07. The second-order valence-electron chi connectivity index (χ2n) is 5.00. The highest BCUT2D eigenvalue weighted by Gasteiger charge is 2.27. The van der Waals surface area contributed by atoms with Gasteiger partial charge in [-0.2, -0.15) is 0 Å². The van der Waals surface area contributed by atoms with Crippen LogP contribution in [-0.4, -0.2) is 19.1 Å². The van der Waals surface area contributed by atoms with Gasteiger partial charge < -0.3 is 10.6 Å². The minimum atomic E-state index is -0.125. The third-order valence-electron chi connectivity index (χ3n) is 3.51. The molecule has 1 aliphatic rings. The van der Waals surface area contributed by atoms with E-state index in [-0.39, 0.29) is 11.9 Å². The summed E-state index contributed by atoms with van der Waals surface area (Å²) in [4.78, 5) is 2.04. The molecule has 1 aliphatic carbocycles. The van der Waals surface area contributed by atoms with Crippen molar-refractivity contribution in [1.29, 1.82) is 0 Å². The van der Waals surface area contributed by atoms with Gasteiger partial charge in [0.2, 0.25) is 0 Å². The molecule has 94 valence electrons. The van der Waals surface area contributed by atoms with Gasteiger partial charge >= 0.3 is 0 Å². The summed E-state index contributed by atoms with van der Waals surface area (Å²) in [6.07, 6.45) is 4.03. The van der Waals surface area contributed by atoms with Crippen molar-refractivity contribution in [2.45, 2.75) is 44.7 Å². The van der Waals surface area contributed by atoms with Gasteiger partial charge in [-0.15, -0.1) is 0 Å². The molecule has 0 radical (unpaired) electrons. The Balaban J connectivity index is 2.10. The lowest BCUT2D eigenvalue weighted by Gasteiger charge is -2.20. The number of nitrogens with zero attached hydrogens (tertiary/aromatic N) is 1. The zero-order valence-electron chi connectivity index (χ0n) is 10.6. The lowest BCUT2D eigenvalue weighted by molar-refractivity contribution is 0.610. The summed E-state index contributed by atoms with van der Waals surface area (Å²) < 4.78 is 14.0. The summed E-state index contributed by atoms with van der Waals surface area (Å²) in [6.45, 7) is 2.05.